The van der Waals surface area contributed by atoms with Crippen LogP contribution in [-0.2, 0) is 6.42 Å². The standard InChI is InChI=1S/C11H13ClN4O/c1-17-9-6-7(12)2-3-8(9)11-14-10(4-5-13)15-16-11/h2-3,6H,4-5,13H2,1H3,(H,14,15,16). The molecule has 5 nitrogen and oxygen atoms in total. The Kier molecular flexibility index (Phi) is 3.61. The minimum absolute atomic E-state index is 0.534. The largest absolute Gasteiger partial charge is 0.496 e. The van der Waals surface area contributed by atoms with Gasteiger partial charge in [0, 0.05) is 11.4 Å². The fraction of sp³-hybridized carbons (Fsp3) is 0.273. The highest BCUT2D eigenvalue weighted by molar-refractivity contribution is 6.30. The highest BCUT2D eigenvalue weighted by Gasteiger charge is 2.11. The summed E-state index contributed by atoms with van der Waals surface area (Å²) in [5.41, 5.74) is 6.26. The zero-order valence-electron chi connectivity index (χ0n) is 9.40. The van der Waals surface area contributed by atoms with Gasteiger partial charge in [0.2, 0.25) is 0 Å². The van der Waals surface area contributed by atoms with E-state index in [0.29, 0.717) is 29.6 Å². The van der Waals surface area contributed by atoms with Gasteiger partial charge in [0.05, 0.1) is 12.7 Å². The van der Waals surface area contributed by atoms with Gasteiger partial charge in [-0.15, -0.1) is 0 Å². The molecule has 0 spiro atoms. The predicted octanol–water partition coefficient (Wildman–Crippen LogP) is 1.63. The van der Waals surface area contributed by atoms with Gasteiger partial charge in [-0.1, -0.05) is 11.6 Å². The van der Waals surface area contributed by atoms with Gasteiger partial charge in [0.25, 0.3) is 0 Å². The van der Waals surface area contributed by atoms with Crippen LogP contribution < -0.4 is 10.5 Å². The number of hydrogen-bond acceptors (Lipinski definition) is 4. The third-order valence-electron chi connectivity index (χ3n) is 2.32. The van der Waals surface area contributed by atoms with Crippen molar-refractivity contribution in [3.63, 3.8) is 0 Å². The Morgan fingerprint density at radius 1 is 1.47 bits per heavy atom. The third kappa shape index (κ3) is 2.57. The van der Waals surface area contributed by atoms with Crippen LogP contribution >= 0.6 is 11.6 Å². The first-order valence-corrected chi connectivity index (χ1v) is 5.57. The average Bonchev–Trinajstić information content (AvgIpc) is 2.78. The Balaban J connectivity index is 2.37. The lowest BCUT2D eigenvalue weighted by Crippen LogP contribution is -2.03. The zero-order valence-corrected chi connectivity index (χ0v) is 10.2. The molecule has 0 fully saturated rings. The van der Waals surface area contributed by atoms with Crippen molar-refractivity contribution in [2.24, 2.45) is 5.73 Å². The summed E-state index contributed by atoms with van der Waals surface area (Å²) >= 11 is 5.89. The number of nitrogens with zero attached hydrogens (tertiary/aromatic N) is 2. The van der Waals surface area contributed by atoms with Gasteiger partial charge < -0.3 is 10.5 Å². The Morgan fingerprint density at radius 2 is 2.29 bits per heavy atom. The molecule has 0 aliphatic rings. The molecule has 0 bridgehead atoms. The first-order valence-electron chi connectivity index (χ1n) is 5.20. The first-order chi connectivity index (χ1) is 8.24. The number of H-pyrrole nitrogens is 1. The number of hydrogen-bond donors (Lipinski definition) is 2. The van der Waals surface area contributed by atoms with Crippen LogP contribution in [0.5, 0.6) is 5.75 Å². The Labute approximate surface area is 104 Å². The van der Waals surface area contributed by atoms with Crippen LogP contribution in [0.4, 0.5) is 0 Å². The fourth-order valence-electron chi connectivity index (χ4n) is 1.51. The summed E-state index contributed by atoms with van der Waals surface area (Å²) < 4.78 is 5.25. The summed E-state index contributed by atoms with van der Waals surface area (Å²) in [5.74, 6) is 2.00. The molecule has 0 radical (unpaired) electrons. The molecule has 6 heteroatoms. The second-order valence-corrected chi connectivity index (χ2v) is 3.93. The Bertz CT molecular complexity index is 512. The van der Waals surface area contributed by atoms with Crippen LogP contribution in [0.2, 0.25) is 5.02 Å². The molecule has 0 amide bonds. The van der Waals surface area contributed by atoms with E-state index in [4.69, 9.17) is 22.1 Å². The lowest BCUT2D eigenvalue weighted by Gasteiger charge is -2.05. The quantitative estimate of drug-likeness (QED) is 0.867. The van der Waals surface area contributed by atoms with Gasteiger partial charge in [-0.05, 0) is 24.7 Å². The lowest BCUT2D eigenvalue weighted by atomic mass is 10.2. The van der Waals surface area contributed by atoms with Gasteiger partial charge in [-0.3, -0.25) is 5.10 Å². The van der Waals surface area contributed by atoms with Crippen molar-refractivity contribution in [1.29, 1.82) is 0 Å². The van der Waals surface area contributed by atoms with Crippen LogP contribution in [0.1, 0.15) is 5.82 Å². The van der Waals surface area contributed by atoms with E-state index in [-0.39, 0.29) is 0 Å². The number of aromatic nitrogens is 3. The molecule has 1 aromatic carbocycles. The first kappa shape index (κ1) is 11.9. The molecule has 0 saturated heterocycles. The SMILES string of the molecule is COc1cc(Cl)ccc1-c1n[nH]c(CCN)n1. The molecule has 0 unspecified atom stereocenters. The molecule has 0 aliphatic carbocycles. The van der Waals surface area contributed by atoms with Gasteiger partial charge in [0.15, 0.2) is 5.82 Å². The monoisotopic (exact) mass is 252 g/mol. The summed E-state index contributed by atoms with van der Waals surface area (Å²) in [6.07, 6.45) is 0.670. The molecular formula is C11H13ClN4O. The van der Waals surface area contributed by atoms with Gasteiger partial charge in [-0.25, -0.2) is 4.98 Å². The topological polar surface area (TPSA) is 76.8 Å². The molecule has 0 atom stereocenters. The molecule has 1 heterocycles. The maximum atomic E-state index is 5.89. The molecule has 1 aromatic heterocycles. The van der Waals surface area contributed by atoms with E-state index in [9.17, 15) is 0 Å². The number of halogens is 1. The molecular weight excluding hydrogens is 240 g/mol. The second-order valence-electron chi connectivity index (χ2n) is 3.49. The summed E-state index contributed by atoms with van der Waals surface area (Å²) in [5, 5.41) is 7.58. The van der Waals surface area contributed by atoms with Crippen LogP contribution in [0.3, 0.4) is 0 Å². The number of nitrogens with two attached hydrogens (primary N) is 1. The van der Waals surface area contributed by atoms with Crippen molar-refractivity contribution < 1.29 is 4.74 Å². The smallest absolute Gasteiger partial charge is 0.184 e. The van der Waals surface area contributed by atoms with Crippen molar-refractivity contribution in [1.82, 2.24) is 15.2 Å². The van der Waals surface area contributed by atoms with Crippen LogP contribution in [0.15, 0.2) is 18.2 Å². The summed E-state index contributed by atoms with van der Waals surface area (Å²) in [6, 6.07) is 5.34. The molecule has 0 saturated carbocycles. The Hall–Kier alpha value is -1.59. The van der Waals surface area contributed by atoms with Crippen LogP contribution in [0.25, 0.3) is 11.4 Å². The predicted molar refractivity (Wildman–Crippen MR) is 66.1 cm³/mol. The van der Waals surface area contributed by atoms with Crippen molar-refractivity contribution in [2.75, 3.05) is 13.7 Å². The number of rotatable bonds is 4. The number of nitrogens with one attached hydrogen (secondary N) is 1. The molecule has 2 rings (SSSR count). The van der Waals surface area contributed by atoms with Crippen molar-refractivity contribution in [3.8, 4) is 17.1 Å². The molecule has 90 valence electrons. The van der Waals surface area contributed by atoms with E-state index in [1.54, 1.807) is 19.2 Å². The lowest BCUT2D eigenvalue weighted by molar-refractivity contribution is 0.416. The highest BCUT2D eigenvalue weighted by atomic mass is 35.5. The van der Waals surface area contributed by atoms with E-state index in [0.717, 1.165) is 11.4 Å². The normalized spacial score (nSPS) is 10.5. The van der Waals surface area contributed by atoms with Gasteiger partial charge >= 0.3 is 0 Å². The molecule has 17 heavy (non-hydrogen) atoms. The minimum Gasteiger partial charge on any atom is -0.496 e. The van der Waals surface area contributed by atoms with E-state index >= 15 is 0 Å². The van der Waals surface area contributed by atoms with Gasteiger partial charge in [-0.2, -0.15) is 5.10 Å². The summed E-state index contributed by atoms with van der Waals surface area (Å²) in [4.78, 5) is 4.34. The maximum absolute atomic E-state index is 5.89. The number of aromatic amines is 1. The average molecular weight is 253 g/mol. The Morgan fingerprint density at radius 3 is 3.00 bits per heavy atom. The van der Waals surface area contributed by atoms with E-state index in [1.807, 2.05) is 6.07 Å². The van der Waals surface area contributed by atoms with E-state index < -0.39 is 0 Å². The highest BCUT2D eigenvalue weighted by Crippen LogP contribution is 2.30. The van der Waals surface area contributed by atoms with Crippen molar-refractivity contribution >= 4 is 11.6 Å². The minimum atomic E-state index is 0.534. The van der Waals surface area contributed by atoms with Crippen LogP contribution in [0, 0.1) is 0 Å². The number of methoxy groups -OCH3 is 1. The molecule has 2 aromatic rings. The third-order valence-corrected chi connectivity index (χ3v) is 2.55. The van der Waals surface area contributed by atoms with Crippen molar-refractivity contribution in [3.05, 3.63) is 29.0 Å². The molecule has 0 aliphatic heterocycles. The van der Waals surface area contributed by atoms with E-state index in [1.165, 1.54) is 0 Å². The summed E-state index contributed by atoms with van der Waals surface area (Å²) in [6.45, 7) is 0.534. The second kappa shape index (κ2) is 5.16. The van der Waals surface area contributed by atoms with Crippen LogP contribution in [-0.4, -0.2) is 28.8 Å². The van der Waals surface area contributed by atoms with Gasteiger partial charge in [0.1, 0.15) is 11.6 Å². The van der Waals surface area contributed by atoms with E-state index in [2.05, 4.69) is 15.2 Å². The van der Waals surface area contributed by atoms with Crippen molar-refractivity contribution in [2.45, 2.75) is 6.42 Å². The number of benzene rings is 1. The summed E-state index contributed by atoms with van der Waals surface area (Å²) in [7, 11) is 1.59. The number of ether oxygens (including phenoxy) is 1. The maximum Gasteiger partial charge on any atom is 0.184 e. The zero-order chi connectivity index (χ0) is 12.3. The fourth-order valence-corrected chi connectivity index (χ4v) is 1.68. The molecule has 3 N–H and O–H groups in total.